The number of pyridine rings is 1. The van der Waals surface area contributed by atoms with Crippen LogP contribution in [0.1, 0.15) is 41.1 Å². The molecule has 7 nitrogen and oxygen atoms in total. The standard InChI is InChI=1S/C24H29N5O2S2/c30-21(29-12-10-28(11-13-29)15-17-5-8-25-9-6-17)7-14-32-16-20-26-23(31)22-18-3-1-2-4-19(18)33-24(22)27-20/h5-6,8-9H,1-4,7,10-16H2,(H,26,27,31). The average Bonchev–Trinajstić information content (AvgIpc) is 3.22. The number of aromatic nitrogens is 3. The van der Waals surface area contributed by atoms with E-state index in [1.165, 1.54) is 22.4 Å². The first-order chi connectivity index (χ1) is 16.2. The highest BCUT2D eigenvalue weighted by Crippen LogP contribution is 2.33. The first-order valence-electron chi connectivity index (χ1n) is 11.7. The largest absolute Gasteiger partial charge is 0.340 e. The zero-order valence-corrected chi connectivity index (χ0v) is 20.3. The van der Waals surface area contributed by atoms with E-state index in [4.69, 9.17) is 4.98 Å². The van der Waals surface area contributed by atoms with Crippen LogP contribution in [0.15, 0.2) is 29.3 Å². The summed E-state index contributed by atoms with van der Waals surface area (Å²) in [5.74, 6) is 2.29. The molecule has 33 heavy (non-hydrogen) atoms. The molecule has 0 bridgehead atoms. The molecule has 1 amide bonds. The molecule has 0 aromatic carbocycles. The molecule has 0 unspecified atom stereocenters. The van der Waals surface area contributed by atoms with Gasteiger partial charge >= 0.3 is 0 Å². The number of nitrogens with zero attached hydrogens (tertiary/aromatic N) is 4. The summed E-state index contributed by atoms with van der Waals surface area (Å²) in [6, 6.07) is 4.09. The molecule has 1 fully saturated rings. The van der Waals surface area contributed by atoms with Crippen molar-refractivity contribution in [3.05, 3.63) is 56.7 Å². The second kappa shape index (κ2) is 10.4. The number of H-pyrrole nitrogens is 1. The quantitative estimate of drug-likeness (QED) is 0.520. The smallest absolute Gasteiger partial charge is 0.259 e. The monoisotopic (exact) mass is 483 g/mol. The molecule has 0 spiro atoms. The van der Waals surface area contributed by atoms with Crippen LogP contribution in [0.25, 0.3) is 10.2 Å². The lowest BCUT2D eigenvalue weighted by Gasteiger charge is -2.34. The van der Waals surface area contributed by atoms with E-state index < -0.39 is 0 Å². The van der Waals surface area contributed by atoms with Gasteiger partial charge in [-0.2, -0.15) is 11.8 Å². The number of carbonyl (C=O) groups excluding carboxylic acids is 1. The summed E-state index contributed by atoms with van der Waals surface area (Å²) < 4.78 is 0. The number of amides is 1. The number of thiophene rings is 1. The average molecular weight is 484 g/mol. The van der Waals surface area contributed by atoms with Crippen molar-refractivity contribution in [3.8, 4) is 0 Å². The molecular formula is C24H29N5O2S2. The molecule has 2 aliphatic rings. The molecule has 4 heterocycles. The molecule has 0 radical (unpaired) electrons. The zero-order valence-electron chi connectivity index (χ0n) is 18.7. The Labute approximate surface area is 201 Å². The molecule has 1 aliphatic heterocycles. The van der Waals surface area contributed by atoms with E-state index in [0.29, 0.717) is 18.0 Å². The number of hydrogen-bond donors (Lipinski definition) is 1. The number of aryl methyl sites for hydroxylation is 2. The van der Waals surface area contributed by atoms with Crippen molar-refractivity contribution in [1.29, 1.82) is 0 Å². The first-order valence-corrected chi connectivity index (χ1v) is 13.6. The molecular weight excluding hydrogens is 454 g/mol. The van der Waals surface area contributed by atoms with Gasteiger partial charge in [-0.05, 0) is 48.9 Å². The van der Waals surface area contributed by atoms with Gasteiger partial charge in [-0.25, -0.2) is 4.98 Å². The third-order valence-electron chi connectivity index (χ3n) is 6.45. The minimum atomic E-state index is -0.00397. The van der Waals surface area contributed by atoms with Crippen LogP contribution in [-0.2, 0) is 29.9 Å². The Balaban J connectivity index is 1.07. The topological polar surface area (TPSA) is 82.2 Å². The Morgan fingerprint density at radius 3 is 2.73 bits per heavy atom. The predicted octanol–water partition coefficient (Wildman–Crippen LogP) is 3.23. The number of aromatic amines is 1. The fraction of sp³-hybridized carbons (Fsp3) is 0.500. The highest BCUT2D eigenvalue weighted by molar-refractivity contribution is 7.98. The Bertz CT molecular complexity index is 1170. The van der Waals surface area contributed by atoms with E-state index in [1.54, 1.807) is 23.1 Å². The van der Waals surface area contributed by atoms with Gasteiger partial charge in [-0.3, -0.25) is 19.5 Å². The molecule has 1 N–H and O–H groups in total. The van der Waals surface area contributed by atoms with Crippen molar-refractivity contribution in [1.82, 2.24) is 24.8 Å². The Morgan fingerprint density at radius 1 is 1.12 bits per heavy atom. The maximum absolute atomic E-state index is 12.7. The summed E-state index contributed by atoms with van der Waals surface area (Å²) in [5, 5.41) is 0.807. The van der Waals surface area contributed by atoms with Gasteiger partial charge in [0, 0.05) is 62.2 Å². The predicted molar refractivity (Wildman–Crippen MR) is 134 cm³/mol. The van der Waals surface area contributed by atoms with E-state index in [9.17, 15) is 9.59 Å². The number of thioether (sulfide) groups is 1. The van der Waals surface area contributed by atoms with Crippen LogP contribution in [0.2, 0.25) is 0 Å². The summed E-state index contributed by atoms with van der Waals surface area (Å²) in [6.07, 6.45) is 8.59. The van der Waals surface area contributed by atoms with Crippen LogP contribution < -0.4 is 5.56 Å². The number of hydrogen-bond acceptors (Lipinski definition) is 7. The Kier molecular flexibility index (Phi) is 7.08. The van der Waals surface area contributed by atoms with Gasteiger partial charge in [-0.1, -0.05) is 0 Å². The minimum absolute atomic E-state index is 0.00397. The molecule has 3 aromatic rings. The van der Waals surface area contributed by atoms with Crippen molar-refractivity contribution in [2.75, 3.05) is 31.9 Å². The third-order valence-corrected chi connectivity index (χ3v) is 8.61. The van der Waals surface area contributed by atoms with E-state index in [2.05, 4.69) is 14.9 Å². The molecule has 5 rings (SSSR count). The van der Waals surface area contributed by atoms with Gasteiger partial charge < -0.3 is 9.88 Å². The molecule has 0 saturated carbocycles. The van der Waals surface area contributed by atoms with Gasteiger partial charge in [-0.15, -0.1) is 11.3 Å². The second-order valence-corrected chi connectivity index (χ2v) is 10.9. The van der Waals surface area contributed by atoms with Crippen molar-refractivity contribution >= 4 is 39.2 Å². The van der Waals surface area contributed by atoms with E-state index in [1.807, 2.05) is 29.4 Å². The molecule has 174 valence electrons. The lowest BCUT2D eigenvalue weighted by Crippen LogP contribution is -2.48. The number of nitrogens with one attached hydrogen (secondary N) is 1. The van der Waals surface area contributed by atoms with Gasteiger partial charge in [0.1, 0.15) is 10.7 Å². The summed E-state index contributed by atoms with van der Waals surface area (Å²) in [7, 11) is 0. The van der Waals surface area contributed by atoms with Gasteiger partial charge in [0.25, 0.3) is 5.56 Å². The maximum Gasteiger partial charge on any atom is 0.259 e. The second-order valence-electron chi connectivity index (χ2n) is 8.72. The number of fused-ring (bicyclic) bond motifs is 3. The maximum atomic E-state index is 12.7. The fourth-order valence-corrected chi connectivity index (χ4v) is 6.74. The first kappa shape index (κ1) is 22.6. The molecule has 1 aliphatic carbocycles. The highest BCUT2D eigenvalue weighted by Gasteiger charge is 2.22. The van der Waals surface area contributed by atoms with E-state index >= 15 is 0 Å². The van der Waals surface area contributed by atoms with Crippen molar-refractivity contribution in [2.45, 2.75) is 44.4 Å². The fourth-order valence-electron chi connectivity index (χ4n) is 4.67. The van der Waals surface area contributed by atoms with Gasteiger partial charge in [0.15, 0.2) is 0 Å². The normalized spacial score (nSPS) is 16.8. The number of carbonyl (C=O) groups is 1. The SMILES string of the molecule is O=C(CCSCc1nc2sc3c(c2c(=O)[nH]1)CCCC3)N1CCN(Cc2ccncc2)CC1. The van der Waals surface area contributed by atoms with Crippen LogP contribution in [0.3, 0.4) is 0 Å². The van der Waals surface area contributed by atoms with Gasteiger partial charge in [0.2, 0.25) is 5.91 Å². The van der Waals surface area contributed by atoms with Gasteiger partial charge in [0.05, 0.1) is 11.1 Å². The Morgan fingerprint density at radius 2 is 1.91 bits per heavy atom. The van der Waals surface area contributed by atoms with Crippen LogP contribution in [-0.4, -0.2) is 62.6 Å². The Hall–Kier alpha value is -2.23. The third kappa shape index (κ3) is 5.31. The van der Waals surface area contributed by atoms with Crippen molar-refractivity contribution < 1.29 is 4.79 Å². The van der Waals surface area contributed by atoms with Crippen LogP contribution in [0, 0.1) is 0 Å². The summed E-state index contributed by atoms with van der Waals surface area (Å²) >= 11 is 3.34. The molecule has 1 saturated heterocycles. The zero-order chi connectivity index (χ0) is 22.6. The summed E-state index contributed by atoms with van der Waals surface area (Å²) in [5.41, 5.74) is 2.48. The highest BCUT2D eigenvalue weighted by atomic mass is 32.2. The van der Waals surface area contributed by atoms with E-state index in [0.717, 1.165) is 68.0 Å². The van der Waals surface area contributed by atoms with Crippen molar-refractivity contribution in [2.24, 2.45) is 0 Å². The van der Waals surface area contributed by atoms with Crippen LogP contribution >= 0.6 is 23.1 Å². The lowest BCUT2D eigenvalue weighted by molar-refractivity contribution is -0.132. The van der Waals surface area contributed by atoms with Crippen LogP contribution in [0.4, 0.5) is 0 Å². The summed E-state index contributed by atoms with van der Waals surface area (Å²) in [6.45, 7) is 4.27. The molecule has 9 heteroatoms. The molecule has 0 atom stereocenters. The van der Waals surface area contributed by atoms with E-state index in [-0.39, 0.29) is 11.5 Å². The van der Waals surface area contributed by atoms with Crippen LogP contribution in [0.5, 0.6) is 0 Å². The lowest BCUT2D eigenvalue weighted by atomic mass is 9.97. The minimum Gasteiger partial charge on any atom is -0.340 e. The molecule has 3 aromatic heterocycles. The summed E-state index contributed by atoms with van der Waals surface area (Å²) in [4.78, 5) is 43.6. The number of rotatable bonds is 7. The number of piperazine rings is 1. The van der Waals surface area contributed by atoms with Crippen molar-refractivity contribution in [3.63, 3.8) is 0 Å².